The Morgan fingerprint density at radius 1 is 0.974 bits per heavy atom. The topological polar surface area (TPSA) is 34.0 Å². The molecule has 1 saturated heterocycles. The number of alkyl halides is 3. The molecule has 6 rings (SSSR count). The van der Waals surface area contributed by atoms with Crippen LogP contribution in [0.5, 0.6) is 0 Å². The van der Waals surface area contributed by atoms with Crippen molar-refractivity contribution >= 4 is 27.5 Å². The summed E-state index contributed by atoms with van der Waals surface area (Å²) < 4.78 is 55.9. The molecule has 1 aliphatic rings. The first-order valence-electron chi connectivity index (χ1n) is 12.4. The number of aromatic nitrogens is 3. The Morgan fingerprint density at radius 3 is 2.47 bits per heavy atom. The maximum Gasteiger partial charge on any atom is 0.416 e. The van der Waals surface area contributed by atoms with Crippen molar-refractivity contribution in [3.8, 4) is 11.3 Å². The van der Waals surface area contributed by atoms with Crippen molar-refractivity contribution in [2.75, 3.05) is 11.4 Å². The minimum absolute atomic E-state index is 0.130. The Labute approximate surface area is 221 Å². The van der Waals surface area contributed by atoms with Crippen molar-refractivity contribution < 1.29 is 17.6 Å². The summed E-state index contributed by atoms with van der Waals surface area (Å²) in [6.07, 6.45) is -2.71. The van der Waals surface area contributed by atoms with E-state index in [1.165, 1.54) is 29.5 Å². The number of hydrogen-bond acceptors (Lipinski definition) is 4. The van der Waals surface area contributed by atoms with Gasteiger partial charge in [0, 0.05) is 24.0 Å². The van der Waals surface area contributed by atoms with Gasteiger partial charge in [0.25, 0.3) is 0 Å². The van der Waals surface area contributed by atoms with Gasteiger partial charge in [-0.2, -0.15) is 13.2 Å². The highest BCUT2D eigenvalue weighted by atomic mass is 32.1. The number of hydrogen-bond donors (Lipinski definition) is 0. The number of nitrogens with zero attached hydrogens (tertiary/aromatic N) is 4. The van der Waals surface area contributed by atoms with E-state index in [0.717, 1.165) is 64.9 Å². The van der Waals surface area contributed by atoms with Gasteiger partial charge >= 0.3 is 6.18 Å². The molecule has 1 fully saturated rings. The quantitative estimate of drug-likeness (QED) is 0.213. The summed E-state index contributed by atoms with van der Waals surface area (Å²) in [7, 11) is 0. The van der Waals surface area contributed by atoms with Crippen molar-refractivity contribution in [1.29, 1.82) is 0 Å². The number of imidazole rings is 1. The molecule has 4 nitrogen and oxygen atoms in total. The largest absolute Gasteiger partial charge is 0.416 e. The summed E-state index contributed by atoms with van der Waals surface area (Å²) in [5, 5.41) is 2.76. The van der Waals surface area contributed by atoms with Crippen molar-refractivity contribution in [2.45, 2.75) is 38.5 Å². The Morgan fingerprint density at radius 2 is 1.74 bits per heavy atom. The molecular formula is C29H24F4N4S. The molecule has 9 heteroatoms. The lowest BCUT2D eigenvalue weighted by Gasteiger charge is -2.24. The van der Waals surface area contributed by atoms with Gasteiger partial charge in [-0.15, -0.1) is 11.3 Å². The van der Waals surface area contributed by atoms with Crippen LogP contribution >= 0.6 is 11.3 Å². The number of benzene rings is 3. The number of thiazole rings is 1. The molecule has 2 aromatic heterocycles. The zero-order chi connectivity index (χ0) is 26.4. The minimum atomic E-state index is -4.44. The molecule has 0 N–H and O–H groups in total. The fourth-order valence-corrected chi connectivity index (χ4v) is 5.95. The molecule has 0 bridgehead atoms. The van der Waals surface area contributed by atoms with Crippen molar-refractivity contribution in [3.05, 3.63) is 100 Å². The number of halogens is 4. The maximum atomic E-state index is 13.5. The van der Waals surface area contributed by atoms with Crippen LogP contribution in [0.1, 0.15) is 41.4 Å². The zero-order valence-electron chi connectivity index (χ0n) is 20.5. The van der Waals surface area contributed by atoms with E-state index in [4.69, 9.17) is 9.97 Å². The van der Waals surface area contributed by atoms with Crippen molar-refractivity contribution in [3.63, 3.8) is 0 Å². The lowest BCUT2D eigenvalue weighted by molar-refractivity contribution is -0.137. The number of fused-ring (bicyclic) bond motifs is 1. The first-order valence-corrected chi connectivity index (χ1v) is 13.3. The fourth-order valence-electron chi connectivity index (χ4n) is 5.03. The van der Waals surface area contributed by atoms with Crippen LogP contribution in [0.3, 0.4) is 0 Å². The van der Waals surface area contributed by atoms with Crippen LogP contribution in [0.25, 0.3) is 22.3 Å². The van der Waals surface area contributed by atoms with E-state index in [1.807, 2.05) is 41.1 Å². The van der Waals surface area contributed by atoms with E-state index in [2.05, 4.69) is 4.90 Å². The Hall–Kier alpha value is -3.72. The summed E-state index contributed by atoms with van der Waals surface area (Å²) in [5.41, 5.74) is 4.08. The van der Waals surface area contributed by atoms with Gasteiger partial charge in [0.15, 0.2) is 5.13 Å². The van der Waals surface area contributed by atoms with E-state index in [1.54, 1.807) is 12.1 Å². The monoisotopic (exact) mass is 536 g/mol. The molecule has 38 heavy (non-hydrogen) atoms. The van der Waals surface area contributed by atoms with E-state index in [0.29, 0.717) is 17.6 Å². The molecule has 1 aliphatic heterocycles. The second-order valence-electron chi connectivity index (χ2n) is 9.62. The molecule has 0 saturated carbocycles. The molecule has 0 radical (unpaired) electrons. The predicted octanol–water partition coefficient (Wildman–Crippen LogP) is 8.02. The number of aryl methyl sites for hydroxylation is 1. The normalized spacial score (nSPS) is 16.0. The van der Waals surface area contributed by atoms with E-state index >= 15 is 0 Å². The van der Waals surface area contributed by atoms with E-state index in [-0.39, 0.29) is 11.9 Å². The van der Waals surface area contributed by atoms with Crippen LogP contribution in [0.15, 0.2) is 72.1 Å². The van der Waals surface area contributed by atoms with E-state index in [9.17, 15) is 17.6 Å². The molecule has 5 aromatic rings. The Bertz CT molecular complexity index is 1590. The minimum Gasteiger partial charge on any atom is -0.338 e. The van der Waals surface area contributed by atoms with Gasteiger partial charge < -0.3 is 9.47 Å². The van der Waals surface area contributed by atoms with Crippen LogP contribution < -0.4 is 4.90 Å². The Kier molecular flexibility index (Phi) is 6.18. The first-order chi connectivity index (χ1) is 18.3. The molecule has 3 aromatic carbocycles. The summed E-state index contributed by atoms with van der Waals surface area (Å²) in [6, 6.07) is 18.0. The third-order valence-electron chi connectivity index (χ3n) is 6.99. The van der Waals surface area contributed by atoms with Crippen LogP contribution in [0.2, 0.25) is 0 Å². The van der Waals surface area contributed by atoms with Gasteiger partial charge in [0.1, 0.15) is 11.6 Å². The predicted molar refractivity (Wildman–Crippen MR) is 142 cm³/mol. The van der Waals surface area contributed by atoms with E-state index < -0.39 is 11.7 Å². The fraction of sp³-hybridized carbons (Fsp3) is 0.241. The van der Waals surface area contributed by atoms with Crippen LogP contribution in [0.4, 0.5) is 22.7 Å². The number of rotatable bonds is 5. The molecule has 0 spiro atoms. The lowest BCUT2D eigenvalue weighted by Crippen LogP contribution is -2.25. The third-order valence-corrected chi connectivity index (χ3v) is 7.87. The molecule has 1 unspecified atom stereocenters. The summed E-state index contributed by atoms with van der Waals surface area (Å²) >= 11 is 1.50. The van der Waals surface area contributed by atoms with Gasteiger partial charge in [0.2, 0.25) is 0 Å². The van der Waals surface area contributed by atoms with Crippen LogP contribution in [-0.2, 0) is 12.7 Å². The van der Waals surface area contributed by atoms with Gasteiger partial charge in [-0.3, -0.25) is 0 Å². The SMILES string of the molecule is Cc1ccc(Cn2c(C3CCCN3c3nc(-c4ccc(F)cc4)cs3)nc3cc(C(F)(F)F)ccc32)cc1. The highest BCUT2D eigenvalue weighted by Gasteiger charge is 2.34. The van der Waals surface area contributed by atoms with Gasteiger partial charge in [0.05, 0.1) is 28.3 Å². The average Bonchev–Trinajstić information content (AvgIpc) is 3.63. The lowest BCUT2D eigenvalue weighted by atomic mass is 10.1. The zero-order valence-corrected chi connectivity index (χ0v) is 21.4. The summed E-state index contributed by atoms with van der Waals surface area (Å²) in [5.74, 6) is 0.431. The summed E-state index contributed by atoms with van der Waals surface area (Å²) in [6.45, 7) is 3.29. The molecular weight excluding hydrogens is 512 g/mol. The maximum absolute atomic E-state index is 13.5. The van der Waals surface area contributed by atoms with Crippen LogP contribution in [0, 0.1) is 12.7 Å². The highest BCUT2D eigenvalue weighted by molar-refractivity contribution is 7.14. The van der Waals surface area contributed by atoms with Gasteiger partial charge in [-0.1, -0.05) is 29.8 Å². The van der Waals surface area contributed by atoms with Crippen molar-refractivity contribution in [2.24, 2.45) is 0 Å². The second-order valence-corrected chi connectivity index (χ2v) is 10.5. The molecule has 0 aliphatic carbocycles. The molecule has 1 atom stereocenters. The van der Waals surface area contributed by atoms with Crippen LogP contribution in [-0.4, -0.2) is 21.1 Å². The molecule has 3 heterocycles. The smallest absolute Gasteiger partial charge is 0.338 e. The van der Waals surface area contributed by atoms with Gasteiger partial charge in [-0.05, 0) is 67.8 Å². The Balaban J connectivity index is 1.41. The van der Waals surface area contributed by atoms with Gasteiger partial charge in [-0.25, -0.2) is 14.4 Å². The third kappa shape index (κ3) is 4.67. The molecule has 194 valence electrons. The highest BCUT2D eigenvalue weighted by Crippen LogP contribution is 2.40. The first kappa shape index (κ1) is 24.6. The number of anilines is 1. The van der Waals surface area contributed by atoms with Crippen molar-refractivity contribution in [1.82, 2.24) is 14.5 Å². The average molecular weight is 537 g/mol. The summed E-state index contributed by atoms with van der Waals surface area (Å²) in [4.78, 5) is 11.8. The second kappa shape index (κ2) is 9.54. The standard InChI is InChI=1S/C29H24F4N4S/c1-18-4-6-19(7-5-18)16-37-25-13-10-21(29(31,32)33)15-23(25)34-27(37)26-3-2-14-36(26)28-35-24(17-38-28)20-8-11-22(30)12-9-20/h4-13,15,17,26H,2-3,14,16H2,1H3. The molecule has 0 amide bonds.